The van der Waals surface area contributed by atoms with Crippen LogP contribution in [0.1, 0.15) is 48.8 Å². The Morgan fingerprint density at radius 1 is 1.03 bits per heavy atom. The van der Waals surface area contributed by atoms with Crippen LogP contribution < -0.4 is 5.32 Å². The minimum Gasteiger partial charge on any atom is -0.345 e. The first-order valence-electron chi connectivity index (χ1n) is 9.69. The van der Waals surface area contributed by atoms with Gasteiger partial charge in [-0.05, 0) is 44.5 Å². The number of rotatable bonds is 5. The molecule has 6 nitrogen and oxygen atoms in total. The van der Waals surface area contributed by atoms with Crippen molar-refractivity contribution in [1.82, 2.24) is 25.1 Å². The molecule has 3 heterocycles. The van der Waals surface area contributed by atoms with Crippen LogP contribution in [0.2, 0.25) is 0 Å². The number of amides is 1. The lowest BCUT2D eigenvalue weighted by Crippen LogP contribution is -2.27. The molecular weight excluding hydrogens is 362 g/mol. The number of hydrogen-bond acceptors (Lipinski definition) is 4. The third-order valence-corrected chi connectivity index (χ3v) is 4.92. The average molecular weight is 385 g/mol. The minimum absolute atomic E-state index is 0.137. The van der Waals surface area contributed by atoms with Crippen molar-refractivity contribution in [2.45, 2.75) is 32.9 Å². The summed E-state index contributed by atoms with van der Waals surface area (Å²) in [7, 11) is 0. The van der Waals surface area contributed by atoms with Gasteiger partial charge in [-0.1, -0.05) is 30.3 Å². The van der Waals surface area contributed by atoms with Crippen molar-refractivity contribution in [3.63, 3.8) is 0 Å². The van der Waals surface area contributed by atoms with Gasteiger partial charge in [0.05, 0.1) is 28.9 Å². The Morgan fingerprint density at radius 2 is 1.76 bits per heavy atom. The number of aromatic nitrogens is 4. The van der Waals surface area contributed by atoms with Crippen molar-refractivity contribution >= 4 is 16.9 Å². The summed E-state index contributed by atoms with van der Waals surface area (Å²) in [6.45, 7) is 6.06. The lowest BCUT2D eigenvalue weighted by molar-refractivity contribution is 0.0941. The highest BCUT2D eigenvalue weighted by Gasteiger charge is 2.20. The normalized spacial score (nSPS) is 12.3. The monoisotopic (exact) mass is 385 g/mol. The highest BCUT2D eigenvalue weighted by Crippen LogP contribution is 2.27. The van der Waals surface area contributed by atoms with Crippen molar-refractivity contribution in [3.8, 4) is 11.3 Å². The summed E-state index contributed by atoms with van der Waals surface area (Å²) in [6.07, 6.45) is 5.18. The molecule has 4 aromatic rings. The highest BCUT2D eigenvalue weighted by atomic mass is 16.1. The second kappa shape index (κ2) is 7.83. The number of fused-ring (bicyclic) bond motifs is 1. The first kappa shape index (κ1) is 18.8. The predicted molar refractivity (Wildman–Crippen MR) is 113 cm³/mol. The van der Waals surface area contributed by atoms with Gasteiger partial charge in [0.15, 0.2) is 5.65 Å². The van der Waals surface area contributed by atoms with Gasteiger partial charge in [-0.3, -0.25) is 9.78 Å². The van der Waals surface area contributed by atoms with E-state index in [0.717, 1.165) is 22.2 Å². The molecule has 0 saturated carbocycles. The zero-order chi connectivity index (χ0) is 20.4. The summed E-state index contributed by atoms with van der Waals surface area (Å²) in [5, 5.41) is 8.31. The van der Waals surface area contributed by atoms with Crippen LogP contribution in [-0.2, 0) is 0 Å². The Balaban J connectivity index is 1.79. The first-order valence-corrected chi connectivity index (χ1v) is 9.69. The lowest BCUT2D eigenvalue weighted by Gasteiger charge is -2.15. The van der Waals surface area contributed by atoms with E-state index in [0.29, 0.717) is 11.2 Å². The predicted octanol–water partition coefficient (Wildman–Crippen LogP) is 4.57. The smallest absolute Gasteiger partial charge is 0.252 e. The molecule has 4 rings (SSSR count). The Morgan fingerprint density at radius 3 is 2.45 bits per heavy atom. The van der Waals surface area contributed by atoms with Crippen LogP contribution >= 0.6 is 0 Å². The summed E-state index contributed by atoms with van der Waals surface area (Å²) >= 11 is 0. The van der Waals surface area contributed by atoms with Crippen molar-refractivity contribution in [3.05, 3.63) is 78.2 Å². The van der Waals surface area contributed by atoms with Gasteiger partial charge in [0.25, 0.3) is 5.91 Å². The van der Waals surface area contributed by atoms with Gasteiger partial charge in [0.2, 0.25) is 0 Å². The molecule has 0 aliphatic rings. The van der Waals surface area contributed by atoms with Crippen LogP contribution in [0.3, 0.4) is 0 Å². The lowest BCUT2D eigenvalue weighted by atomic mass is 10.1. The molecule has 1 unspecified atom stereocenters. The second-order valence-electron chi connectivity index (χ2n) is 7.32. The van der Waals surface area contributed by atoms with Crippen LogP contribution in [0.25, 0.3) is 22.3 Å². The fourth-order valence-electron chi connectivity index (χ4n) is 3.35. The Labute approximate surface area is 169 Å². The van der Waals surface area contributed by atoms with Crippen molar-refractivity contribution in [1.29, 1.82) is 0 Å². The van der Waals surface area contributed by atoms with E-state index in [2.05, 4.69) is 29.2 Å². The van der Waals surface area contributed by atoms with Gasteiger partial charge in [0, 0.05) is 24.0 Å². The first-order chi connectivity index (χ1) is 14.0. The topological polar surface area (TPSA) is 72.7 Å². The van der Waals surface area contributed by atoms with Gasteiger partial charge < -0.3 is 5.32 Å². The number of nitrogens with zero attached hydrogens (tertiary/aromatic N) is 4. The maximum absolute atomic E-state index is 13.2. The molecule has 0 aliphatic carbocycles. The van der Waals surface area contributed by atoms with E-state index in [1.807, 2.05) is 60.1 Å². The Bertz CT molecular complexity index is 1140. The molecule has 0 radical (unpaired) electrons. The van der Waals surface area contributed by atoms with Crippen LogP contribution in [0.5, 0.6) is 0 Å². The maximum atomic E-state index is 13.2. The summed E-state index contributed by atoms with van der Waals surface area (Å²) in [5.74, 6) is -0.151. The van der Waals surface area contributed by atoms with Crippen LogP contribution in [-0.4, -0.2) is 25.7 Å². The Kier molecular flexibility index (Phi) is 5.08. The number of nitrogens with one attached hydrogen (secondary N) is 1. The quantitative estimate of drug-likeness (QED) is 0.546. The molecule has 0 aliphatic heterocycles. The van der Waals surface area contributed by atoms with Gasteiger partial charge in [-0.2, -0.15) is 5.10 Å². The molecule has 0 bridgehead atoms. The largest absolute Gasteiger partial charge is 0.345 e. The standard InChI is InChI=1S/C23H23N5O/c1-15(2)28-22-20(14-25-28)19(13-21(27-22)18-7-5-4-6-8-18)23(29)26-16(3)17-9-11-24-12-10-17/h4-16H,1-3H3,(H,26,29). The van der Waals surface area contributed by atoms with Crippen molar-refractivity contribution in [2.24, 2.45) is 0 Å². The molecule has 1 atom stereocenters. The highest BCUT2D eigenvalue weighted by molar-refractivity contribution is 6.06. The third kappa shape index (κ3) is 3.74. The average Bonchev–Trinajstić information content (AvgIpc) is 3.18. The van der Waals surface area contributed by atoms with E-state index in [-0.39, 0.29) is 18.0 Å². The van der Waals surface area contributed by atoms with Gasteiger partial charge >= 0.3 is 0 Å². The molecule has 146 valence electrons. The van der Waals surface area contributed by atoms with Gasteiger partial charge in [0.1, 0.15) is 0 Å². The third-order valence-electron chi connectivity index (χ3n) is 4.92. The fourth-order valence-corrected chi connectivity index (χ4v) is 3.35. The zero-order valence-electron chi connectivity index (χ0n) is 16.7. The van der Waals surface area contributed by atoms with E-state index < -0.39 is 0 Å². The van der Waals surface area contributed by atoms with Crippen molar-refractivity contribution in [2.75, 3.05) is 0 Å². The van der Waals surface area contributed by atoms with E-state index in [4.69, 9.17) is 4.98 Å². The maximum Gasteiger partial charge on any atom is 0.252 e. The van der Waals surface area contributed by atoms with Crippen LogP contribution in [0.15, 0.2) is 67.1 Å². The second-order valence-corrected chi connectivity index (χ2v) is 7.32. The van der Waals surface area contributed by atoms with Gasteiger partial charge in [-0.15, -0.1) is 0 Å². The molecule has 1 N–H and O–H groups in total. The number of carbonyl (C=O) groups is 1. The SMILES string of the molecule is CC(NC(=O)c1cc(-c2ccccc2)nc2c1cnn2C(C)C)c1ccncc1. The molecule has 1 aromatic carbocycles. The van der Waals surface area contributed by atoms with E-state index in [1.165, 1.54) is 0 Å². The van der Waals surface area contributed by atoms with Crippen LogP contribution in [0.4, 0.5) is 0 Å². The molecule has 0 saturated heterocycles. The Hall–Kier alpha value is -3.54. The molecule has 3 aromatic heterocycles. The molecular formula is C23H23N5O. The summed E-state index contributed by atoms with van der Waals surface area (Å²) < 4.78 is 1.85. The number of carbonyl (C=O) groups excluding carboxylic acids is 1. The van der Waals surface area contributed by atoms with E-state index in [1.54, 1.807) is 18.6 Å². The molecule has 29 heavy (non-hydrogen) atoms. The van der Waals surface area contributed by atoms with Crippen LogP contribution in [0, 0.1) is 0 Å². The summed E-state index contributed by atoms with van der Waals surface area (Å²) in [5.41, 5.74) is 3.99. The number of pyridine rings is 2. The minimum atomic E-state index is -0.151. The number of hydrogen-bond donors (Lipinski definition) is 1. The summed E-state index contributed by atoms with van der Waals surface area (Å²) in [6, 6.07) is 15.5. The molecule has 0 fully saturated rings. The van der Waals surface area contributed by atoms with Gasteiger partial charge in [-0.25, -0.2) is 9.67 Å². The number of benzene rings is 1. The zero-order valence-corrected chi connectivity index (χ0v) is 16.7. The molecule has 1 amide bonds. The van der Waals surface area contributed by atoms with E-state index >= 15 is 0 Å². The molecule has 0 spiro atoms. The summed E-state index contributed by atoms with van der Waals surface area (Å²) in [4.78, 5) is 22.1. The fraction of sp³-hybridized carbons (Fsp3) is 0.217. The van der Waals surface area contributed by atoms with Crippen molar-refractivity contribution < 1.29 is 4.79 Å². The van der Waals surface area contributed by atoms with E-state index in [9.17, 15) is 4.79 Å². The molecule has 6 heteroatoms.